The predicted molar refractivity (Wildman–Crippen MR) is 41.7 cm³/mol. The summed E-state index contributed by atoms with van der Waals surface area (Å²) in [7, 11) is 0. The van der Waals surface area contributed by atoms with E-state index in [1.165, 1.54) is 0 Å². The summed E-state index contributed by atoms with van der Waals surface area (Å²) in [5.41, 5.74) is 4.58. The van der Waals surface area contributed by atoms with Gasteiger partial charge in [0.1, 0.15) is 0 Å². The Morgan fingerprint density at radius 2 is 1.85 bits per heavy atom. The number of amides is 1. The minimum atomic E-state index is -1.22. The molecule has 0 fully saturated rings. The largest absolute Gasteiger partial charge is 0.412 e. The van der Waals surface area contributed by atoms with Crippen molar-refractivity contribution in [1.29, 1.82) is 5.41 Å². The maximum absolute atomic E-state index is 10.1. The van der Waals surface area contributed by atoms with Crippen LogP contribution in [0.15, 0.2) is 19.7 Å². The Kier molecular flexibility index (Phi) is 5.39. The Hall–Kier alpha value is -1.48. The lowest BCUT2D eigenvalue weighted by Gasteiger charge is -2.06. The number of ether oxygens (including phenoxy) is 1. The van der Waals surface area contributed by atoms with E-state index in [0.717, 1.165) is 0 Å². The zero-order valence-corrected chi connectivity index (χ0v) is 7.40. The Bertz CT molecular complexity index is 239. The molecule has 72 valence electrons. The van der Waals surface area contributed by atoms with Crippen molar-refractivity contribution in [3.63, 3.8) is 0 Å². The summed E-state index contributed by atoms with van der Waals surface area (Å²) >= 11 is 9.63. The fourth-order valence-electron chi connectivity index (χ4n) is 0.299. The first-order valence-corrected chi connectivity index (χ1v) is 3.19. The first-order chi connectivity index (χ1) is 6.11. The van der Waals surface area contributed by atoms with Crippen LogP contribution < -0.4 is 5.73 Å². The highest BCUT2D eigenvalue weighted by Crippen LogP contribution is 1.99. The second kappa shape index (κ2) is 6.08. The fraction of sp³-hybridized carbons (Fsp3) is 0. The van der Waals surface area contributed by atoms with E-state index in [9.17, 15) is 4.79 Å². The summed E-state index contributed by atoms with van der Waals surface area (Å²) in [6.45, 7) is 0. The van der Waals surface area contributed by atoms with Gasteiger partial charge in [0.05, 0.1) is 23.6 Å². The van der Waals surface area contributed by atoms with Crippen LogP contribution in [0.3, 0.4) is 0 Å². The molecule has 0 aliphatic heterocycles. The van der Waals surface area contributed by atoms with Crippen LogP contribution in [0.25, 0.3) is 0 Å². The van der Waals surface area contributed by atoms with Gasteiger partial charge < -0.3 is 10.5 Å². The molecule has 11 heteroatoms. The third-order valence-corrected chi connectivity index (χ3v) is 0.751. The first-order valence-electron chi connectivity index (χ1n) is 2.51. The molecule has 0 aromatic rings. The number of carbonyl (C=O) groups is 1. The van der Waals surface area contributed by atoms with Crippen LogP contribution >= 0.6 is 23.6 Å². The molecule has 0 spiro atoms. The molecule has 0 aliphatic carbocycles. The van der Waals surface area contributed by atoms with Gasteiger partial charge in [0.15, 0.2) is 0 Å². The van der Waals surface area contributed by atoms with E-state index in [0.29, 0.717) is 5.12 Å². The molecule has 3 N–H and O–H groups in total. The van der Waals surface area contributed by atoms with Gasteiger partial charge in [-0.2, -0.15) is 0 Å². The Labute approximate surface area is 81.8 Å². The lowest BCUT2D eigenvalue weighted by atomic mass is 11.1. The van der Waals surface area contributed by atoms with Crippen LogP contribution in [0.5, 0.6) is 0 Å². The minimum Gasteiger partial charge on any atom is -0.373 e. The number of nitrogens with two attached hydrogens (primary N) is 1. The number of amidine groups is 1. The number of halogens is 2. The van der Waals surface area contributed by atoms with E-state index in [4.69, 9.17) is 29.0 Å². The van der Waals surface area contributed by atoms with Gasteiger partial charge in [0.25, 0.3) is 0 Å². The monoisotopic (exact) mass is 227 g/mol. The van der Waals surface area contributed by atoms with E-state index in [-0.39, 0.29) is 0 Å². The number of nitrogens with zero attached hydrogens (tertiary/aromatic N) is 5. The first kappa shape index (κ1) is 11.5. The zero-order chi connectivity index (χ0) is 10.3. The van der Waals surface area contributed by atoms with E-state index in [1.807, 2.05) is 0 Å². The van der Waals surface area contributed by atoms with E-state index < -0.39 is 12.1 Å². The quantitative estimate of drug-likeness (QED) is 0.320. The van der Waals surface area contributed by atoms with Gasteiger partial charge in [-0.25, -0.2) is 10.2 Å². The van der Waals surface area contributed by atoms with Crippen LogP contribution in [0.2, 0.25) is 0 Å². The normalized spacial score (nSPS) is 10.6. The third kappa shape index (κ3) is 4.87. The van der Waals surface area contributed by atoms with Crippen LogP contribution in [-0.2, 0) is 4.74 Å². The van der Waals surface area contributed by atoms with Gasteiger partial charge in [-0.3, -0.25) is 0 Å². The van der Waals surface area contributed by atoms with Crippen molar-refractivity contribution in [2.24, 2.45) is 25.4 Å². The number of carbonyl (C=O) groups excluding carboxylic acids is 1. The molecule has 0 aromatic heterocycles. The van der Waals surface area contributed by atoms with Gasteiger partial charge >= 0.3 is 12.1 Å². The van der Waals surface area contributed by atoms with Crippen molar-refractivity contribution in [2.45, 2.75) is 0 Å². The number of nitrogens with one attached hydrogen (secondary N) is 1. The van der Waals surface area contributed by atoms with Crippen molar-refractivity contribution < 1.29 is 9.53 Å². The second-order valence-electron chi connectivity index (χ2n) is 1.35. The molecule has 0 unspecified atom stereocenters. The summed E-state index contributed by atoms with van der Waals surface area (Å²) in [6.07, 6.45) is -1.22. The maximum Gasteiger partial charge on any atom is 0.412 e. The molecule has 13 heavy (non-hydrogen) atoms. The number of hydrogen-bond acceptors (Lipinski definition) is 7. The molecule has 0 saturated carbocycles. The van der Waals surface area contributed by atoms with Crippen LogP contribution in [0.4, 0.5) is 4.79 Å². The molecular formula is C2H3Cl2N7O2. The maximum atomic E-state index is 10.1. The zero-order valence-electron chi connectivity index (χ0n) is 5.89. The lowest BCUT2D eigenvalue weighted by molar-refractivity contribution is 0.192. The van der Waals surface area contributed by atoms with Crippen LogP contribution in [-0.4, -0.2) is 17.2 Å². The number of hydrogen-bond donors (Lipinski definition) is 2. The second-order valence-corrected chi connectivity index (χ2v) is 1.65. The van der Waals surface area contributed by atoms with Crippen LogP contribution in [0, 0.1) is 5.41 Å². The minimum absolute atomic E-state index is 0.338. The van der Waals surface area contributed by atoms with Gasteiger partial charge in [0, 0.05) is 0 Å². The van der Waals surface area contributed by atoms with Crippen LogP contribution in [0.1, 0.15) is 0 Å². The summed E-state index contributed by atoms with van der Waals surface area (Å²) in [6, 6.07) is -0.846. The molecule has 0 rings (SSSR count). The Balaban J connectivity index is 4.36. The van der Waals surface area contributed by atoms with Crippen molar-refractivity contribution >= 4 is 35.7 Å². The number of primary amides is 1. The molecule has 0 bridgehead atoms. The van der Waals surface area contributed by atoms with Gasteiger partial charge in [-0.1, -0.05) is 14.4 Å². The summed E-state index contributed by atoms with van der Waals surface area (Å²) in [5.74, 6) is 0. The molecule has 0 atom stereocenters. The predicted octanol–water partition coefficient (Wildman–Crippen LogP) is 1.36. The van der Waals surface area contributed by atoms with Gasteiger partial charge in [0.2, 0.25) is 0 Å². The van der Waals surface area contributed by atoms with E-state index >= 15 is 0 Å². The highest BCUT2D eigenvalue weighted by molar-refractivity contribution is 6.14. The smallest absolute Gasteiger partial charge is 0.373 e. The molecule has 0 heterocycles. The molecule has 9 nitrogen and oxygen atoms in total. The molecule has 1 amide bonds. The molecule has 0 radical (unpaired) electrons. The summed E-state index contributed by atoms with van der Waals surface area (Å²) in [4.78, 5) is 10.1. The standard InChI is InChI=1S/C2H3Cl2N7O2/c3-7-9-11(10-8-4)1(5)13-2(6)12/h5H,(H2,6,12). The van der Waals surface area contributed by atoms with Gasteiger partial charge in [-0.05, 0) is 10.4 Å². The van der Waals surface area contributed by atoms with Crippen molar-refractivity contribution in [1.82, 2.24) is 5.12 Å². The average Bonchev–Trinajstić information content (AvgIpc) is 2.02. The lowest BCUT2D eigenvalue weighted by Crippen LogP contribution is -2.27. The molecule has 0 saturated heterocycles. The summed E-state index contributed by atoms with van der Waals surface area (Å²) < 4.78 is 9.48. The third-order valence-electron chi connectivity index (χ3n) is 0.616. The molecule has 0 aromatic carbocycles. The molecular weight excluding hydrogens is 225 g/mol. The SMILES string of the molecule is N=C(OC(N)=O)N(N=NCl)N=NCl. The topological polar surface area (TPSA) is 129 Å². The van der Waals surface area contributed by atoms with Crippen molar-refractivity contribution in [3.8, 4) is 0 Å². The van der Waals surface area contributed by atoms with Crippen molar-refractivity contribution in [2.75, 3.05) is 0 Å². The average molecular weight is 228 g/mol. The van der Waals surface area contributed by atoms with Crippen molar-refractivity contribution in [3.05, 3.63) is 0 Å². The highest BCUT2D eigenvalue weighted by Gasteiger charge is 2.12. The Morgan fingerprint density at radius 1 is 1.38 bits per heavy atom. The Morgan fingerprint density at radius 3 is 2.15 bits per heavy atom. The van der Waals surface area contributed by atoms with E-state index in [1.54, 1.807) is 0 Å². The summed E-state index contributed by atoms with van der Waals surface area (Å²) in [5, 5.41) is 13.3. The number of rotatable bonds is 2. The molecule has 0 aliphatic rings. The van der Waals surface area contributed by atoms with Gasteiger partial charge in [-0.15, -0.1) is 0 Å². The fourth-order valence-corrected chi connectivity index (χ4v) is 0.427. The highest BCUT2D eigenvalue weighted by atomic mass is 35.5. The van der Waals surface area contributed by atoms with E-state index in [2.05, 4.69) is 30.2 Å².